The van der Waals surface area contributed by atoms with Gasteiger partial charge in [0.25, 0.3) is 5.91 Å². The molecular formula is C19H15ClF2N4O2. The predicted molar refractivity (Wildman–Crippen MR) is 99.2 cm³/mol. The molecule has 144 valence electrons. The number of likely N-dealkylation sites (N-methyl/N-ethyl adjacent to an activating group) is 1. The molecule has 3 rings (SSSR count). The van der Waals surface area contributed by atoms with Crippen LogP contribution in [0.1, 0.15) is 22.1 Å². The SMILES string of the molecule is CNC(=O)C(NC(=O)c1ccn(-c2ccccc2Cl)n1)c1ccc(F)c(F)c1. The van der Waals surface area contributed by atoms with Crippen molar-refractivity contribution >= 4 is 23.4 Å². The molecule has 6 nitrogen and oxygen atoms in total. The fourth-order valence-electron chi connectivity index (χ4n) is 2.56. The number of hydrogen-bond donors (Lipinski definition) is 2. The molecular weight excluding hydrogens is 390 g/mol. The van der Waals surface area contributed by atoms with Crippen molar-refractivity contribution in [2.75, 3.05) is 7.05 Å². The third-order valence-electron chi connectivity index (χ3n) is 3.98. The van der Waals surface area contributed by atoms with E-state index in [9.17, 15) is 18.4 Å². The minimum absolute atomic E-state index is 0.0245. The van der Waals surface area contributed by atoms with Crippen molar-refractivity contribution in [3.8, 4) is 5.69 Å². The number of carbonyl (C=O) groups is 2. The summed E-state index contributed by atoms with van der Waals surface area (Å²) in [4.78, 5) is 24.7. The molecule has 1 aromatic heterocycles. The standard InChI is InChI=1S/C19H15ClF2N4O2/c1-23-19(28)17(11-6-7-13(21)14(22)10-11)24-18(27)15-8-9-26(25-15)16-5-3-2-4-12(16)20/h2-10,17H,1H3,(H,23,28)(H,24,27). The van der Waals surface area contributed by atoms with E-state index in [-0.39, 0.29) is 11.3 Å². The molecule has 9 heteroatoms. The summed E-state index contributed by atoms with van der Waals surface area (Å²) in [6.07, 6.45) is 1.54. The first-order valence-electron chi connectivity index (χ1n) is 8.18. The largest absolute Gasteiger partial charge is 0.357 e. The molecule has 0 saturated heterocycles. The Balaban J connectivity index is 1.86. The average Bonchev–Trinajstić information content (AvgIpc) is 3.18. The van der Waals surface area contributed by atoms with Gasteiger partial charge in [0.1, 0.15) is 6.04 Å². The van der Waals surface area contributed by atoms with Gasteiger partial charge in [-0.05, 0) is 35.9 Å². The first kappa shape index (κ1) is 19.5. The summed E-state index contributed by atoms with van der Waals surface area (Å²) in [5.74, 6) is -3.43. The highest BCUT2D eigenvalue weighted by Gasteiger charge is 2.24. The summed E-state index contributed by atoms with van der Waals surface area (Å²) in [7, 11) is 1.37. The first-order valence-corrected chi connectivity index (χ1v) is 8.56. The summed E-state index contributed by atoms with van der Waals surface area (Å²) in [5.41, 5.74) is 0.695. The van der Waals surface area contributed by atoms with E-state index in [1.807, 2.05) is 0 Å². The Kier molecular flexibility index (Phi) is 5.70. The zero-order chi connectivity index (χ0) is 20.3. The Morgan fingerprint density at radius 3 is 2.54 bits per heavy atom. The van der Waals surface area contributed by atoms with Gasteiger partial charge in [0.05, 0.1) is 10.7 Å². The van der Waals surface area contributed by atoms with E-state index in [1.54, 1.807) is 30.5 Å². The van der Waals surface area contributed by atoms with Crippen molar-refractivity contribution in [1.29, 1.82) is 0 Å². The second-order valence-corrected chi connectivity index (χ2v) is 6.20. The van der Waals surface area contributed by atoms with E-state index in [4.69, 9.17) is 11.6 Å². The number of nitrogens with zero attached hydrogens (tertiary/aromatic N) is 2. The minimum Gasteiger partial charge on any atom is -0.357 e. The molecule has 2 N–H and O–H groups in total. The van der Waals surface area contributed by atoms with E-state index >= 15 is 0 Å². The van der Waals surface area contributed by atoms with Crippen LogP contribution in [0.15, 0.2) is 54.7 Å². The van der Waals surface area contributed by atoms with Gasteiger partial charge in [-0.3, -0.25) is 9.59 Å². The molecule has 1 atom stereocenters. The predicted octanol–water partition coefficient (Wildman–Crippen LogP) is 3.02. The van der Waals surface area contributed by atoms with Gasteiger partial charge in [0.2, 0.25) is 5.91 Å². The lowest BCUT2D eigenvalue weighted by molar-refractivity contribution is -0.122. The molecule has 28 heavy (non-hydrogen) atoms. The van der Waals surface area contributed by atoms with E-state index < -0.39 is 29.5 Å². The number of rotatable bonds is 5. The lowest BCUT2D eigenvalue weighted by Crippen LogP contribution is -2.39. The molecule has 1 unspecified atom stereocenters. The number of para-hydroxylation sites is 1. The number of aromatic nitrogens is 2. The lowest BCUT2D eigenvalue weighted by atomic mass is 10.1. The highest BCUT2D eigenvalue weighted by Crippen LogP contribution is 2.20. The van der Waals surface area contributed by atoms with E-state index in [1.165, 1.54) is 23.9 Å². The van der Waals surface area contributed by atoms with Gasteiger partial charge in [-0.25, -0.2) is 13.5 Å². The smallest absolute Gasteiger partial charge is 0.272 e. The number of benzene rings is 2. The van der Waals surface area contributed by atoms with Crippen LogP contribution in [0.2, 0.25) is 5.02 Å². The summed E-state index contributed by atoms with van der Waals surface area (Å²) in [6.45, 7) is 0. The molecule has 0 spiro atoms. The minimum atomic E-state index is -1.22. The maximum absolute atomic E-state index is 13.5. The molecule has 3 aromatic rings. The van der Waals surface area contributed by atoms with E-state index in [0.29, 0.717) is 10.7 Å². The van der Waals surface area contributed by atoms with E-state index in [2.05, 4.69) is 15.7 Å². The van der Waals surface area contributed by atoms with Gasteiger partial charge in [-0.2, -0.15) is 5.10 Å². The summed E-state index contributed by atoms with van der Waals surface area (Å²) >= 11 is 6.12. The number of halogens is 3. The molecule has 1 heterocycles. The second-order valence-electron chi connectivity index (χ2n) is 5.79. The molecule has 0 aliphatic heterocycles. The highest BCUT2D eigenvalue weighted by atomic mass is 35.5. The van der Waals surface area contributed by atoms with Crippen LogP contribution in [0, 0.1) is 11.6 Å². The van der Waals surface area contributed by atoms with Gasteiger partial charge in [0.15, 0.2) is 17.3 Å². The van der Waals surface area contributed by atoms with Crippen LogP contribution in [-0.2, 0) is 4.79 Å². The maximum Gasteiger partial charge on any atom is 0.272 e. The topological polar surface area (TPSA) is 76.0 Å². The molecule has 0 bridgehead atoms. The maximum atomic E-state index is 13.5. The van der Waals surface area contributed by atoms with Crippen molar-refractivity contribution in [3.63, 3.8) is 0 Å². The van der Waals surface area contributed by atoms with Crippen molar-refractivity contribution in [2.24, 2.45) is 0 Å². The Morgan fingerprint density at radius 2 is 1.86 bits per heavy atom. The number of carbonyl (C=O) groups excluding carboxylic acids is 2. The average molecular weight is 405 g/mol. The van der Waals surface area contributed by atoms with Crippen molar-refractivity contribution in [1.82, 2.24) is 20.4 Å². The highest BCUT2D eigenvalue weighted by molar-refractivity contribution is 6.32. The Bertz CT molecular complexity index is 1040. The van der Waals surface area contributed by atoms with Gasteiger partial charge in [-0.15, -0.1) is 0 Å². The van der Waals surface area contributed by atoms with Gasteiger partial charge < -0.3 is 10.6 Å². The quantitative estimate of drug-likeness (QED) is 0.686. The number of nitrogens with one attached hydrogen (secondary N) is 2. The van der Waals surface area contributed by atoms with Crippen LogP contribution in [0.5, 0.6) is 0 Å². The lowest BCUT2D eigenvalue weighted by Gasteiger charge is -2.17. The fourth-order valence-corrected chi connectivity index (χ4v) is 2.78. The van der Waals surface area contributed by atoms with Gasteiger partial charge in [-0.1, -0.05) is 29.8 Å². The zero-order valence-corrected chi connectivity index (χ0v) is 15.4. The van der Waals surface area contributed by atoms with Crippen LogP contribution in [-0.4, -0.2) is 28.6 Å². The molecule has 0 saturated carbocycles. The second kappa shape index (κ2) is 8.18. The van der Waals surface area contributed by atoms with E-state index in [0.717, 1.165) is 12.1 Å². The molecule has 2 aromatic carbocycles. The normalized spacial score (nSPS) is 11.7. The van der Waals surface area contributed by atoms with Crippen LogP contribution in [0.25, 0.3) is 5.69 Å². The molecule has 0 fully saturated rings. The van der Waals surface area contributed by atoms with Crippen LogP contribution < -0.4 is 10.6 Å². The number of amides is 2. The zero-order valence-electron chi connectivity index (χ0n) is 14.6. The Hall–Kier alpha value is -3.26. The Morgan fingerprint density at radius 1 is 1.11 bits per heavy atom. The van der Waals surface area contributed by atoms with Crippen molar-refractivity contribution in [2.45, 2.75) is 6.04 Å². The van der Waals surface area contributed by atoms with Crippen LogP contribution in [0.4, 0.5) is 8.78 Å². The molecule has 0 radical (unpaired) electrons. The van der Waals surface area contributed by atoms with Crippen molar-refractivity contribution in [3.05, 3.63) is 82.6 Å². The van der Waals surface area contributed by atoms with Gasteiger partial charge in [0, 0.05) is 13.2 Å². The molecule has 0 aliphatic rings. The third-order valence-corrected chi connectivity index (χ3v) is 4.30. The fraction of sp³-hybridized carbons (Fsp3) is 0.105. The summed E-state index contributed by atoms with van der Waals surface area (Å²) in [5, 5.41) is 9.46. The summed E-state index contributed by atoms with van der Waals surface area (Å²) in [6, 6.07) is 10.1. The van der Waals surface area contributed by atoms with Crippen LogP contribution >= 0.6 is 11.6 Å². The van der Waals surface area contributed by atoms with Crippen molar-refractivity contribution < 1.29 is 18.4 Å². The third kappa shape index (κ3) is 4.01. The number of hydrogen-bond acceptors (Lipinski definition) is 3. The van der Waals surface area contributed by atoms with Gasteiger partial charge >= 0.3 is 0 Å². The molecule has 2 amide bonds. The first-order chi connectivity index (χ1) is 13.4. The Labute approximate surface area is 164 Å². The monoisotopic (exact) mass is 404 g/mol. The summed E-state index contributed by atoms with van der Waals surface area (Å²) < 4.78 is 28.2. The molecule has 0 aliphatic carbocycles. The van der Waals surface area contributed by atoms with Crippen LogP contribution in [0.3, 0.4) is 0 Å².